The smallest absolute Gasteiger partial charge is 0.313 e. The van der Waals surface area contributed by atoms with Gasteiger partial charge in [-0.2, -0.15) is 13.2 Å². The van der Waals surface area contributed by atoms with E-state index in [-0.39, 0.29) is 17.5 Å². The molecular weight excluding hydrogens is 271 g/mol. The Kier molecular flexibility index (Phi) is 4.79. The van der Waals surface area contributed by atoms with Crippen LogP contribution >= 0.6 is 11.8 Å². The molecule has 1 aliphatic rings. The van der Waals surface area contributed by atoms with Gasteiger partial charge in [0.25, 0.3) is 0 Å². The number of benzene rings is 1. The van der Waals surface area contributed by atoms with Crippen LogP contribution in [0.15, 0.2) is 24.3 Å². The second-order valence-corrected chi connectivity index (χ2v) is 6.19. The first kappa shape index (κ1) is 14.7. The third kappa shape index (κ3) is 4.73. The first-order valence-electron chi connectivity index (χ1n) is 6.45. The van der Waals surface area contributed by atoms with Crippen molar-refractivity contribution in [1.82, 2.24) is 5.32 Å². The van der Waals surface area contributed by atoms with Crippen molar-refractivity contribution >= 4 is 11.8 Å². The van der Waals surface area contributed by atoms with Crippen LogP contribution in [0.5, 0.6) is 0 Å². The second kappa shape index (κ2) is 6.18. The van der Waals surface area contributed by atoms with Gasteiger partial charge >= 0.3 is 5.51 Å². The molecule has 1 aliphatic carbocycles. The standard InChI is InChI=1S/C14H18F3NS/c1-10-3-2-4-11(7-10)12-8-13(9-12)18-5-6-19-14(15,16)17/h2-4,7,12-13,18H,5-6,8-9H2,1H3. The Labute approximate surface area is 116 Å². The Morgan fingerprint density at radius 1 is 1.32 bits per heavy atom. The summed E-state index contributed by atoms with van der Waals surface area (Å²) in [6, 6.07) is 8.84. The van der Waals surface area contributed by atoms with Gasteiger partial charge in [0.1, 0.15) is 0 Å². The average Bonchev–Trinajstić information content (AvgIpc) is 2.24. The molecule has 0 radical (unpaired) electrons. The molecule has 1 fully saturated rings. The lowest BCUT2D eigenvalue weighted by Crippen LogP contribution is -2.41. The summed E-state index contributed by atoms with van der Waals surface area (Å²) in [4.78, 5) is 0. The first-order valence-corrected chi connectivity index (χ1v) is 7.43. The van der Waals surface area contributed by atoms with Crippen LogP contribution in [-0.4, -0.2) is 23.8 Å². The minimum absolute atomic E-state index is 0.0468. The Bertz CT molecular complexity index is 413. The van der Waals surface area contributed by atoms with E-state index in [1.165, 1.54) is 11.1 Å². The number of aryl methyl sites for hydroxylation is 1. The highest BCUT2D eigenvalue weighted by Gasteiger charge is 2.31. The van der Waals surface area contributed by atoms with Crippen LogP contribution in [0.3, 0.4) is 0 Å². The minimum Gasteiger partial charge on any atom is -0.313 e. The molecule has 0 aromatic heterocycles. The lowest BCUT2D eigenvalue weighted by molar-refractivity contribution is -0.0327. The number of halogens is 3. The molecule has 106 valence electrons. The maximum atomic E-state index is 11.9. The van der Waals surface area contributed by atoms with E-state index < -0.39 is 5.51 Å². The minimum atomic E-state index is -4.11. The molecular formula is C14H18F3NS. The highest BCUT2D eigenvalue weighted by atomic mass is 32.2. The monoisotopic (exact) mass is 289 g/mol. The van der Waals surface area contributed by atoms with Crippen LogP contribution in [0.4, 0.5) is 13.2 Å². The fourth-order valence-electron chi connectivity index (χ4n) is 2.41. The van der Waals surface area contributed by atoms with E-state index in [1.54, 1.807) is 0 Å². The van der Waals surface area contributed by atoms with Crippen LogP contribution in [-0.2, 0) is 0 Å². The number of rotatable bonds is 5. The van der Waals surface area contributed by atoms with Gasteiger partial charge in [0, 0.05) is 18.3 Å². The molecule has 0 unspecified atom stereocenters. The highest BCUT2D eigenvalue weighted by Crippen LogP contribution is 2.37. The molecule has 0 bridgehead atoms. The van der Waals surface area contributed by atoms with E-state index in [2.05, 4.69) is 36.5 Å². The molecule has 0 spiro atoms. The quantitative estimate of drug-likeness (QED) is 0.820. The number of alkyl halides is 3. The Hall–Kier alpha value is -0.680. The van der Waals surface area contributed by atoms with Crippen LogP contribution in [0, 0.1) is 6.92 Å². The van der Waals surface area contributed by atoms with Crippen molar-refractivity contribution in [2.24, 2.45) is 0 Å². The lowest BCUT2D eigenvalue weighted by Gasteiger charge is -2.36. The molecule has 1 saturated carbocycles. The summed E-state index contributed by atoms with van der Waals surface area (Å²) in [5, 5.41) is 3.19. The predicted molar refractivity (Wildman–Crippen MR) is 73.5 cm³/mol. The summed E-state index contributed by atoms with van der Waals surface area (Å²) in [6.07, 6.45) is 2.06. The third-order valence-electron chi connectivity index (χ3n) is 3.45. The zero-order chi connectivity index (χ0) is 13.9. The molecule has 0 saturated heterocycles. The van der Waals surface area contributed by atoms with Crippen molar-refractivity contribution < 1.29 is 13.2 Å². The third-order valence-corrected chi connectivity index (χ3v) is 4.19. The SMILES string of the molecule is Cc1cccc(C2CC(NCCSC(F)(F)F)C2)c1. The summed E-state index contributed by atoms with van der Waals surface area (Å²) < 4.78 is 35.8. The van der Waals surface area contributed by atoms with E-state index in [9.17, 15) is 13.2 Å². The average molecular weight is 289 g/mol. The zero-order valence-corrected chi connectivity index (χ0v) is 11.7. The zero-order valence-electron chi connectivity index (χ0n) is 10.8. The molecule has 0 heterocycles. The summed E-state index contributed by atoms with van der Waals surface area (Å²) >= 11 is 0.0468. The van der Waals surface area contributed by atoms with Gasteiger partial charge in [0.15, 0.2) is 0 Å². The first-order chi connectivity index (χ1) is 8.94. The maximum Gasteiger partial charge on any atom is 0.441 e. The van der Waals surface area contributed by atoms with Crippen molar-refractivity contribution in [3.63, 3.8) is 0 Å². The number of hydrogen-bond acceptors (Lipinski definition) is 2. The molecule has 0 atom stereocenters. The van der Waals surface area contributed by atoms with Crippen molar-refractivity contribution in [2.45, 2.75) is 37.2 Å². The fraction of sp³-hybridized carbons (Fsp3) is 0.571. The van der Waals surface area contributed by atoms with Crippen LogP contribution in [0.1, 0.15) is 29.9 Å². The van der Waals surface area contributed by atoms with Gasteiger partial charge in [-0.05, 0) is 43.0 Å². The number of nitrogens with one attached hydrogen (secondary N) is 1. The normalized spacial score (nSPS) is 23.2. The molecule has 1 nitrogen and oxygen atoms in total. The summed E-state index contributed by atoms with van der Waals surface area (Å²) in [5.74, 6) is 0.655. The Morgan fingerprint density at radius 3 is 2.68 bits per heavy atom. The van der Waals surface area contributed by atoms with Crippen LogP contribution in [0.25, 0.3) is 0 Å². The van der Waals surface area contributed by atoms with E-state index in [4.69, 9.17) is 0 Å². The molecule has 0 aliphatic heterocycles. The van der Waals surface area contributed by atoms with Gasteiger partial charge in [0.05, 0.1) is 0 Å². The largest absolute Gasteiger partial charge is 0.441 e. The van der Waals surface area contributed by atoms with Gasteiger partial charge in [-0.25, -0.2) is 0 Å². The maximum absolute atomic E-state index is 11.9. The lowest BCUT2D eigenvalue weighted by atomic mass is 9.75. The number of thioether (sulfide) groups is 1. The summed E-state index contributed by atoms with van der Waals surface area (Å²) in [7, 11) is 0. The van der Waals surface area contributed by atoms with Gasteiger partial charge in [-0.3, -0.25) is 0 Å². The highest BCUT2D eigenvalue weighted by molar-refractivity contribution is 8.00. The van der Waals surface area contributed by atoms with Crippen LogP contribution < -0.4 is 5.32 Å². The summed E-state index contributed by atoms with van der Waals surface area (Å²) in [5.41, 5.74) is -1.50. The fourth-order valence-corrected chi connectivity index (χ4v) is 2.86. The van der Waals surface area contributed by atoms with Gasteiger partial charge in [-0.15, -0.1) is 0 Å². The van der Waals surface area contributed by atoms with E-state index in [1.807, 2.05) is 0 Å². The van der Waals surface area contributed by atoms with Crippen molar-refractivity contribution in [3.8, 4) is 0 Å². The molecule has 2 rings (SSSR count). The number of hydrogen-bond donors (Lipinski definition) is 1. The second-order valence-electron chi connectivity index (χ2n) is 5.03. The molecule has 19 heavy (non-hydrogen) atoms. The van der Waals surface area contributed by atoms with Crippen molar-refractivity contribution in [2.75, 3.05) is 12.3 Å². The Balaban J connectivity index is 1.64. The van der Waals surface area contributed by atoms with Gasteiger partial charge < -0.3 is 5.32 Å². The van der Waals surface area contributed by atoms with Crippen molar-refractivity contribution in [1.29, 1.82) is 0 Å². The van der Waals surface area contributed by atoms with E-state index in [0.29, 0.717) is 18.5 Å². The van der Waals surface area contributed by atoms with E-state index >= 15 is 0 Å². The van der Waals surface area contributed by atoms with Gasteiger partial charge in [0.2, 0.25) is 0 Å². The molecule has 1 aromatic carbocycles. The molecule has 5 heteroatoms. The van der Waals surface area contributed by atoms with E-state index in [0.717, 1.165) is 12.8 Å². The Morgan fingerprint density at radius 2 is 2.05 bits per heavy atom. The van der Waals surface area contributed by atoms with Gasteiger partial charge in [-0.1, -0.05) is 29.8 Å². The molecule has 1 aromatic rings. The summed E-state index contributed by atoms with van der Waals surface area (Å²) in [6.45, 7) is 2.50. The molecule has 1 N–H and O–H groups in total. The topological polar surface area (TPSA) is 12.0 Å². The predicted octanol–water partition coefficient (Wildman–Crippen LogP) is 4.08. The van der Waals surface area contributed by atoms with Crippen LogP contribution in [0.2, 0.25) is 0 Å². The van der Waals surface area contributed by atoms with Crippen molar-refractivity contribution in [3.05, 3.63) is 35.4 Å². The molecule has 0 amide bonds.